The fourth-order valence-corrected chi connectivity index (χ4v) is 4.21. The molecule has 2 aromatic heterocycles. The fraction of sp³-hybridized carbons (Fsp3) is 0.409. The van der Waals surface area contributed by atoms with Crippen molar-refractivity contribution in [3.63, 3.8) is 0 Å². The van der Waals surface area contributed by atoms with Crippen LogP contribution in [0, 0.1) is 5.82 Å². The molecule has 3 aromatic rings. The van der Waals surface area contributed by atoms with E-state index in [9.17, 15) is 27.2 Å². The summed E-state index contributed by atoms with van der Waals surface area (Å²) in [7, 11) is -0.280. The molecule has 0 spiro atoms. The van der Waals surface area contributed by atoms with Gasteiger partial charge in [-0.1, -0.05) is 19.6 Å². The molecule has 0 aliphatic heterocycles. The summed E-state index contributed by atoms with van der Waals surface area (Å²) < 4.78 is 67.8. The second-order valence-electron chi connectivity index (χ2n) is 9.25. The Balaban J connectivity index is 2.16. The van der Waals surface area contributed by atoms with E-state index in [1.165, 1.54) is 21.5 Å². The average molecular weight is 515 g/mol. The summed E-state index contributed by atoms with van der Waals surface area (Å²) in [5.74, 6) is -2.59. The van der Waals surface area contributed by atoms with Crippen LogP contribution in [0.3, 0.4) is 0 Å². The first-order valence-corrected chi connectivity index (χ1v) is 14.3. The van der Waals surface area contributed by atoms with Crippen LogP contribution < -0.4 is 5.73 Å². The van der Waals surface area contributed by atoms with Crippen LogP contribution in [0.15, 0.2) is 24.5 Å². The van der Waals surface area contributed by atoms with Crippen LogP contribution in [-0.2, 0) is 33.6 Å². The second-order valence-corrected chi connectivity index (χ2v) is 14.9. The molecule has 2 heterocycles. The molecule has 0 atom stereocenters. The van der Waals surface area contributed by atoms with Gasteiger partial charge in [-0.25, -0.2) is 14.2 Å². The van der Waals surface area contributed by atoms with Gasteiger partial charge in [-0.2, -0.15) is 13.2 Å². The van der Waals surface area contributed by atoms with Gasteiger partial charge in [0.2, 0.25) is 11.9 Å². The van der Waals surface area contributed by atoms with Crippen LogP contribution in [0.25, 0.3) is 17.0 Å². The predicted molar refractivity (Wildman–Crippen MR) is 122 cm³/mol. The fourth-order valence-electron chi connectivity index (χ4n) is 3.46. The van der Waals surface area contributed by atoms with Gasteiger partial charge < -0.3 is 15.2 Å². The molecule has 190 valence electrons. The zero-order chi connectivity index (χ0) is 26.1. The minimum Gasteiger partial charge on any atom is -0.465 e. The molecule has 13 heteroatoms. The summed E-state index contributed by atoms with van der Waals surface area (Å²) in [6.45, 7) is 6.63. The zero-order valence-corrected chi connectivity index (χ0v) is 20.7. The summed E-state index contributed by atoms with van der Waals surface area (Å²) in [4.78, 5) is 27.9. The monoisotopic (exact) mass is 514 g/mol. The van der Waals surface area contributed by atoms with Crippen LogP contribution in [-0.4, -0.2) is 47.8 Å². The van der Waals surface area contributed by atoms with Gasteiger partial charge >= 0.3 is 12.1 Å². The predicted octanol–water partition coefficient (Wildman–Crippen LogP) is 4.11. The number of halogens is 4. The molecule has 1 amide bonds. The summed E-state index contributed by atoms with van der Waals surface area (Å²) in [6, 6.07) is 1.96. The highest BCUT2D eigenvalue weighted by Crippen LogP contribution is 2.34. The van der Waals surface area contributed by atoms with Gasteiger partial charge in [-0.15, -0.1) is 0 Å². The number of aromatic nitrogens is 3. The molecular weight excluding hydrogens is 488 g/mol. The van der Waals surface area contributed by atoms with E-state index in [1.807, 2.05) is 0 Å². The van der Waals surface area contributed by atoms with Crippen LogP contribution >= 0.6 is 0 Å². The summed E-state index contributed by atoms with van der Waals surface area (Å²) >= 11 is 0. The Hall–Kier alpha value is -3.19. The number of ether oxygens (including phenoxy) is 2. The van der Waals surface area contributed by atoms with Crippen molar-refractivity contribution >= 4 is 31.0 Å². The van der Waals surface area contributed by atoms with Crippen molar-refractivity contribution in [2.45, 2.75) is 45.0 Å². The molecule has 0 bridgehead atoms. The van der Waals surface area contributed by atoms with E-state index in [1.54, 1.807) is 0 Å². The minimum atomic E-state index is -4.77. The Kier molecular flexibility index (Phi) is 7.41. The Morgan fingerprint density at radius 3 is 2.43 bits per heavy atom. The molecule has 0 saturated carbocycles. The quantitative estimate of drug-likeness (QED) is 0.200. The maximum atomic E-state index is 15.0. The van der Waals surface area contributed by atoms with Gasteiger partial charge in [-0.3, -0.25) is 13.9 Å². The smallest absolute Gasteiger partial charge is 0.416 e. The van der Waals surface area contributed by atoms with Crippen molar-refractivity contribution < 1.29 is 36.6 Å². The number of benzene rings is 1. The number of rotatable bonds is 9. The molecule has 2 N–H and O–H groups in total. The van der Waals surface area contributed by atoms with E-state index in [0.29, 0.717) is 12.7 Å². The second kappa shape index (κ2) is 9.82. The van der Waals surface area contributed by atoms with Crippen molar-refractivity contribution in [2.75, 3.05) is 13.7 Å². The lowest BCUT2D eigenvalue weighted by atomic mass is 10.1. The van der Waals surface area contributed by atoms with Gasteiger partial charge in [0.1, 0.15) is 18.1 Å². The molecule has 3 rings (SSSR count). The number of imidazole rings is 1. The third-order valence-corrected chi connectivity index (χ3v) is 6.93. The Bertz CT molecular complexity index is 1260. The van der Waals surface area contributed by atoms with Gasteiger partial charge in [0.15, 0.2) is 0 Å². The number of primary amides is 1. The van der Waals surface area contributed by atoms with Crippen molar-refractivity contribution in [1.29, 1.82) is 0 Å². The van der Waals surface area contributed by atoms with Crippen molar-refractivity contribution in [3.05, 3.63) is 47.0 Å². The molecule has 0 aliphatic carbocycles. The lowest BCUT2D eigenvalue weighted by Gasteiger charge is -2.16. The average Bonchev–Trinajstić information content (AvgIpc) is 3.30. The Labute approximate surface area is 199 Å². The topological polar surface area (TPSA) is 101 Å². The number of nitrogens with two attached hydrogens (primary N) is 1. The highest BCUT2D eigenvalue weighted by atomic mass is 28.3. The van der Waals surface area contributed by atoms with Crippen molar-refractivity contribution in [1.82, 2.24) is 14.1 Å². The molecule has 0 saturated heterocycles. The van der Waals surface area contributed by atoms with E-state index in [-0.39, 0.29) is 41.3 Å². The van der Waals surface area contributed by atoms with Gasteiger partial charge in [-0.05, 0) is 23.7 Å². The Morgan fingerprint density at radius 2 is 1.86 bits per heavy atom. The lowest BCUT2D eigenvalue weighted by molar-refractivity contribution is -0.137. The van der Waals surface area contributed by atoms with Crippen molar-refractivity contribution in [3.8, 4) is 5.95 Å². The summed E-state index contributed by atoms with van der Waals surface area (Å²) in [6.07, 6.45) is -2.39. The highest BCUT2D eigenvalue weighted by molar-refractivity contribution is 6.76. The number of carbonyl (C=O) groups is 2. The van der Waals surface area contributed by atoms with Crippen molar-refractivity contribution in [2.24, 2.45) is 5.73 Å². The van der Waals surface area contributed by atoms with Gasteiger partial charge in [0.05, 0.1) is 30.2 Å². The molecule has 0 aliphatic rings. The number of alkyl halides is 3. The van der Waals surface area contributed by atoms with E-state index in [2.05, 4.69) is 24.6 Å². The molecular formula is C22H26F4N4O4Si. The first-order chi connectivity index (χ1) is 16.2. The minimum absolute atomic E-state index is 0.00731. The van der Waals surface area contributed by atoms with E-state index >= 15 is 0 Å². The number of hydrogen-bond acceptors (Lipinski definition) is 5. The lowest BCUT2D eigenvalue weighted by Crippen LogP contribution is -2.22. The standard InChI is InChI=1S/C22H26F4N4O4Si/c1-33-20(32)15-11-29(10-13(15)7-18(27)31)21-28-17-9-14(22(24,25)26)8-16(23)19(17)30(21)12-34-5-6-35(2,3)4/h8-11H,5-7,12H2,1-4H3,(H2,27,31). The molecule has 8 nitrogen and oxygen atoms in total. The maximum Gasteiger partial charge on any atom is 0.416 e. The highest BCUT2D eigenvalue weighted by Gasteiger charge is 2.33. The maximum absolute atomic E-state index is 15.0. The third kappa shape index (κ3) is 6.09. The first kappa shape index (κ1) is 26.4. The largest absolute Gasteiger partial charge is 0.465 e. The van der Waals surface area contributed by atoms with E-state index < -0.39 is 37.5 Å². The van der Waals surface area contributed by atoms with Gasteiger partial charge in [0.25, 0.3) is 0 Å². The number of carbonyl (C=O) groups excluding carboxylic acids is 2. The Morgan fingerprint density at radius 1 is 1.17 bits per heavy atom. The van der Waals surface area contributed by atoms with E-state index in [4.69, 9.17) is 15.2 Å². The molecule has 0 fully saturated rings. The zero-order valence-electron chi connectivity index (χ0n) is 19.7. The first-order valence-electron chi connectivity index (χ1n) is 10.6. The normalized spacial score (nSPS) is 12.3. The molecule has 0 unspecified atom stereocenters. The summed E-state index contributed by atoms with van der Waals surface area (Å²) in [5, 5.41) is 0. The van der Waals surface area contributed by atoms with Crippen LogP contribution in [0.5, 0.6) is 0 Å². The van der Waals surface area contributed by atoms with Crippen LogP contribution in [0.4, 0.5) is 17.6 Å². The van der Waals surface area contributed by atoms with E-state index in [0.717, 1.165) is 19.2 Å². The molecule has 1 aromatic carbocycles. The summed E-state index contributed by atoms with van der Waals surface area (Å²) in [5.41, 5.74) is 3.89. The number of nitrogens with zero attached hydrogens (tertiary/aromatic N) is 3. The number of hydrogen-bond donors (Lipinski definition) is 1. The molecule has 0 radical (unpaired) electrons. The van der Waals surface area contributed by atoms with Gasteiger partial charge in [0, 0.05) is 27.1 Å². The molecule has 35 heavy (non-hydrogen) atoms. The van der Waals surface area contributed by atoms with Crippen LogP contribution in [0.1, 0.15) is 21.5 Å². The number of amides is 1. The number of fused-ring (bicyclic) bond motifs is 1. The number of esters is 1. The van der Waals surface area contributed by atoms with Crippen LogP contribution in [0.2, 0.25) is 25.7 Å². The number of methoxy groups -OCH3 is 1. The third-order valence-electron chi connectivity index (χ3n) is 5.23. The SMILES string of the molecule is COC(=O)c1cn(-c2nc3cc(C(F)(F)F)cc(F)c3n2COCC[Si](C)(C)C)cc1CC(N)=O.